The number of aliphatic hydroxyl groups excluding tert-OH is 1. The first-order valence-corrected chi connectivity index (χ1v) is 15.1. The molecule has 1 unspecified atom stereocenters. The average molecular weight is 581 g/mol. The maximum atomic E-state index is 13.5. The summed E-state index contributed by atoms with van der Waals surface area (Å²) in [5, 5.41) is 12.4. The number of alkyl halides is 2. The zero-order valence-electron chi connectivity index (χ0n) is 22.2. The summed E-state index contributed by atoms with van der Waals surface area (Å²) in [5.74, 6) is -4.02. The van der Waals surface area contributed by atoms with Crippen molar-refractivity contribution in [3.05, 3.63) is 52.4 Å². The maximum absolute atomic E-state index is 13.5. The van der Waals surface area contributed by atoms with Gasteiger partial charge < -0.3 is 24.6 Å². The Balaban J connectivity index is 1.39. The van der Waals surface area contributed by atoms with Crippen LogP contribution in [0.5, 0.6) is 0 Å². The van der Waals surface area contributed by atoms with E-state index in [1.807, 2.05) is 4.90 Å². The number of amides is 1. The van der Waals surface area contributed by atoms with Crippen LogP contribution in [0, 0.1) is 5.41 Å². The van der Waals surface area contributed by atoms with Crippen molar-refractivity contribution in [2.45, 2.75) is 63.7 Å². The van der Waals surface area contributed by atoms with Gasteiger partial charge in [-0.05, 0) is 68.4 Å². The number of hydrogen-bond acceptors (Lipinski definition) is 7. The number of sulfonamides is 1. The largest absolute Gasteiger partial charge is 0.371 e. The van der Waals surface area contributed by atoms with Gasteiger partial charge in [0.05, 0.1) is 16.9 Å². The first-order valence-electron chi connectivity index (χ1n) is 13.5. The van der Waals surface area contributed by atoms with Gasteiger partial charge in [-0.1, -0.05) is 0 Å². The molecular formula is C27H34F2N4O6S. The minimum Gasteiger partial charge on any atom is -0.371 e. The number of carbonyl (C=O) groups is 1. The molecule has 3 N–H and O–H groups in total. The Morgan fingerprint density at radius 3 is 2.50 bits per heavy atom. The SMILES string of the molecule is CCOC(O)CS(=O)(=O)Nc1ccc(C(=O)Nc2cccn(C3CC(F)(F)C3)c2=O)c(N2CCC3(CC2)CC3)c1. The van der Waals surface area contributed by atoms with E-state index in [0.29, 0.717) is 24.2 Å². The molecule has 0 bridgehead atoms. The summed E-state index contributed by atoms with van der Waals surface area (Å²) >= 11 is 0. The molecule has 1 aromatic heterocycles. The highest BCUT2D eigenvalue weighted by Crippen LogP contribution is 2.54. The average Bonchev–Trinajstić information content (AvgIpc) is 3.62. The fraction of sp³-hybridized carbons (Fsp3) is 0.556. The number of halogens is 2. The highest BCUT2D eigenvalue weighted by molar-refractivity contribution is 7.92. The van der Waals surface area contributed by atoms with Crippen LogP contribution in [0.25, 0.3) is 0 Å². The summed E-state index contributed by atoms with van der Waals surface area (Å²) in [7, 11) is -3.96. The van der Waals surface area contributed by atoms with Crippen molar-refractivity contribution in [2.75, 3.05) is 40.4 Å². The van der Waals surface area contributed by atoms with Gasteiger partial charge in [0, 0.05) is 44.8 Å². The van der Waals surface area contributed by atoms with Crippen LogP contribution in [-0.2, 0) is 14.8 Å². The molecule has 1 atom stereocenters. The number of nitrogens with one attached hydrogen (secondary N) is 2. The highest BCUT2D eigenvalue weighted by Gasteiger charge is 2.47. The molecule has 1 spiro atoms. The molecule has 2 saturated carbocycles. The lowest BCUT2D eigenvalue weighted by Gasteiger charge is -2.36. The first-order chi connectivity index (χ1) is 18.9. The molecule has 1 aromatic carbocycles. The van der Waals surface area contributed by atoms with E-state index in [4.69, 9.17) is 4.74 Å². The number of pyridine rings is 1. The topological polar surface area (TPSA) is 130 Å². The second-order valence-electron chi connectivity index (χ2n) is 11.0. The van der Waals surface area contributed by atoms with Crippen LogP contribution in [0.15, 0.2) is 41.3 Å². The smallest absolute Gasteiger partial charge is 0.274 e. The molecule has 13 heteroatoms. The summed E-state index contributed by atoms with van der Waals surface area (Å²) in [6.45, 7) is 3.17. The van der Waals surface area contributed by atoms with Gasteiger partial charge in [0.15, 0.2) is 6.29 Å². The van der Waals surface area contributed by atoms with Crippen LogP contribution in [0.2, 0.25) is 0 Å². The van der Waals surface area contributed by atoms with Crippen LogP contribution in [-0.4, -0.2) is 61.7 Å². The molecule has 3 aliphatic rings. The Morgan fingerprint density at radius 1 is 1.18 bits per heavy atom. The van der Waals surface area contributed by atoms with Crippen molar-refractivity contribution in [3.8, 4) is 0 Å². The third kappa shape index (κ3) is 6.31. The lowest BCUT2D eigenvalue weighted by atomic mass is 9.88. The minimum absolute atomic E-state index is 0.0288. The molecule has 1 aliphatic heterocycles. The summed E-state index contributed by atoms with van der Waals surface area (Å²) < 4.78 is 60.6. The number of carbonyl (C=O) groups excluding carboxylic acids is 1. The van der Waals surface area contributed by atoms with Gasteiger partial charge in [0.2, 0.25) is 10.0 Å². The summed E-state index contributed by atoms with van der Waals surface area (Å²) in [4.78, 5) is 28.5. The standard InChI is InChI=1S/C27H34F2N4O6S/c1-2-39-23(34)17-40(37,38)31-18-5-6-20(22(14-18)32-12-9-26(7-8-26)10-13-32)24(35)30-21-4-3-11-33(25(21)36)19-15-27(28,29)16-19/h3-6,11,14,19,23,31,34H,2,7-10,12-13,15-17H2,1H3,(H,30,35). The molecule has 2 heterocycles. The molecule has 2 aromatic rings. The van der Waals surface area contributed by atoms with Crippen molar-refractivity contribution in [3.63, 3.8) is 0 Å². The molecule has 2 aliphatic carbocycles. The van der Waals surface area contributed by atoms with Crippen molar-refractivity contribution < 1.29 is 31.8 Å². The van der Waals surface area contributed by atoms with E-state index in [-0.39, 0.29) is 23.5 Å². The molecule has 40 heavy (non-hydrogen) atoms. The number of nitrogens with zero attached hydrogens (tertiary/aromatic N) is 2. The predicted molar refractivity (Wildman–Crippen MR) is 146 cm³/mol. The Kier molecular flexibility index (Phi) is 7.66. The zero-order chi connectivity index (χ0) is 28.7. The van der Waals surface area contributed by atoms with Gasteiger partial charge in [-0.15, -0.1) is 0 Å². The number of rotatable bonds is 10. The van der Waals surface area contributed by atoms with Gasteiger partial charge in [0.25, 0.3) is 17.4 Å². The zero-order valence-corrected chi connectivity index (χ0v) is 23.1. The molecule has 1 amide bonds. The molecule has 10 nitrogen and oxygen atoms in total. The lowest BCUT2D eigenvalue weighted by Crippen LogP contribution is -2.41. The fourth-order valence-corrected chi connectivity index (χ4v) is 6.55. The first kappa shape index (κ1) is 28.5. The van der Waals surface area contributed by atoms with Gasteiger partial charge in [-0.3, -0.25) is 14.3 Å². The quantitative estimate of drug-likeness (QED) is 0.367. The maximum Gasteiger partial charge on any atom is 0.274 e. The minimum atomic E-state index is -3.96. The number of benzene rings is 1. The van der Waals surface area contributed by atoms with E-state index < -0.39 is 58.3 Å². The molecule has 0 radical (unpaired) electrons. The molecule has 5 rings (SSSR count). The lowest BCUT2D eigenvalue weighted by molar-refractivity contribution is -0.104. The number of aliphatic hydroxyl groups is 1. The normalized spacial score (nSPS) is 20.6. The van der Waals surface area contributed by atoms with E-state index >= 15 is 0 Å². The molecular weight excluding hydrogens is 546 g/mol. The Bertz CT molecular complexity index is 1420. The highest BCUT2D eigenvalue weighted by atomic mass is 32.2. The summed E-state index contributed by atoms with van der Waals surface area (Å²) in [6.07, 6.45) is 3.39. The molecule has 218 valence electrons. The molecule has 1 saturated heterocycles. The van der Waals surface area contributed by atoms with Crippen molar-refractivity contribution in [2.24, 2.45) is 5.41 Å². The van der Waals surface area contributed by atoms with Crippen LogP contribution in [0.1, 0.15) is 61.8 Å². The van der Waals surface area contributed by atoms with Gasteiger partial charge in [0.1, 0.15) is 11.4 Å². The predicted octanol–water partition coefficient (Wildman–Crippen LogP) is 3.55. The Morgan fingerprint density at radius 2 is 1.88 bits per heavy atom. The van der Waals surface area contributed by atoms with Crippen LogP contribution in [0.4, 0.5) is 25.8 Å². The Hall–Kier alpha value is -3.03. The van der Waals surface area contributed by atoms with E-state index in [2.05, 4.69) is 10.0 Å². The van der Waals surface area contributed by atoms with E-state index in [0.717, 1.165) is 12.8 Å². The monoisotopic (exact) mass is 580 g/mol. The van der Waals surface area contributed by atoms with Gasteiger partial charge in [-0.2, -0.15) is 0 Å². The van der Waals surface area contributed by atoms with E-state index in [1.165, 1.54) is 47.9 Å². The number of aromatic nitrogens is 1. The number of ether oxygens (including phenoxy) is 1. The van der Waals surface area contributed by atoms with Gasteiger partial charge >= 0.3 is 0 Å². The third-order valence-electron chi connectivity index (χ3n) is 8.04. The number of hydrogen-bond donors (Lipinski definition) is 3. The van der Waals surface area contributed by atoms with Crippen LogP contribution < -0.4 is 20.5 Å². The third-order valence-corrected chi connectivity index (χ3v) is 9.31. The Labute approximate surface area is 231 Å². The van der Waals surface area contributed by atoms with Crippen molar-refractivity contribution >= 4 is 33.0 Å². The van der Waals surface area contributed by atoms with Crippen LogP contribution >= 0.6 is 0 Å². The number of piperidine rings is 1. The second kappa shape index (κ2) is 10.7. The molecule has 3 fully saturated rings. The number of anilines is 3. The van der Waals surface area contributed by atoms with E-state index in [9.17, 15) is 31.9 Å². The second-order valence-corrected chi connectivity index (χ2v) is 12.8. The summed E-state index contributed by atoms with van der Waals surface area (Å²) in [5.41, 5.74) is 0.737. The van der Waals surface area contributed by atoms with Crippen molar-refractivity contribution in [1.82, 2.24) is 4.57 Å². The summed E-state index contributed by atoms with van der Waals surface area (Å²) in [6, 6.07) is 6.82. The van der Waals surface area contributed by atoms with Crippen LogP contribution in [0.3, 0.4) is 0 Å². The van der Waals surface area contributed by atoms with Crippen molar-refractivity contribution in [1.29, 1.82) is 0 Å². The van der Waals surface area contributed by atoms with E-state index in [1.54, 1.807) is 13.0 Å². The fourth-order valence-electron chi connectivity index (χ4n) is 5.51. The van der Waals surface area contributed by atoms with Gasteiger partial charge in [-0.25, -0.2) is 17.2 Å².